The van der Waals surface area contributed by atoms with Gasteiger partial charge in [0.05, 0.1) is 23.2 Å². The summed E-state index contributed by atoms with van der Waals surface area (Å²) in [4.78, 5) is 11.4. The van der Waals surface area contributed by atoms with E-state index in [1.807, 2.05) is 0 Å². The fraction of sp³-hybridized carbons (Fsp3) is 0.538. The van der Waals surface area contributed by atoms with Crippen molar-refractivity contribution < 1.29 is 18.8 Å². The molecule has 0 saturated carbocycles. The summed E-state index contributed by atoms with van der Waals surface area (Å²) >= 11 is 0. The summed E-state index contributed by atoms with van der Waals surface area (Å²) in [6.45, 7) is 0. The Balaban J connectivity index is 2.01. The Labute approximate surface area is 114 Å². The van der Waals surface area contributed by atoms with Crippen molar-refractivity contribution in [1.29, 1.82) is 0 Å². The smallest absolute Gasteiger partial charge is 0.275 e. The van der Waals surface area contributed by atoms with Crippen molar-refractivity contribution in [3.8, 4) is 0 Å². The maximum Gasteiger partial charge on any atom is 0.275 e. The van der Waals surface area contributed by atoms with Gasteiger partial charge in [-0.3, -0.25) is 10.1 Å². The average Bonchev–Trinajstić information content (AvgIpc) is 2.62. The highest BCUT2D eigenvalue weighted by Gasteiger charge is 2.42. The Kier molecular flexibility index (Phi) is 3.08. The molecule has 1 aromatic rings. The Hall–Kier alpha value is -1.76. The summed E-state index contributed by atoms with van der Waals surface area (Å²) in [6, 6.07) is 1.30. The number of nitro benzene ring substituents is 1. The number of anilines is 1. The minimum Gasteiger partial charge on any atom is -0.393 e. The first-order valence-electron chi connectivity index (χ1n) is 6.57. The van der Waals surface area contributed by atoms with Gasteiger partial charge < -0.3 is 10.0 Å². The molecule has 0 amide bonds. The zero-order valence-corrected chi connectivity index (χ0v) is 10.6. The van der Waals surface area contributed by atoms with Crippen LogP contribution in [0, 0.1) is 21.7 Å². The van der Waals surface area contributed by atoms with Crippen LogP contribution in [0.15, 0.2) is 12.1 Å². The van der Waals surface area contributed by atoms with Gasteiger partial charge in [0.2, 0.25) is 0 Å². The number of nitrogens with zero attached hydrogens (tertiary/aromatic N) is 2. The molecule has 20 heavy (non-hydrogen) atoms. The highest BCUT2D eigenvalue weighted by Crippen LogP contribution is 2.42. The van der Waals surface area contributed by atoms with Crippen LogP contribution in [0.5, 0.6) is 0 Å². The van der Waals surface area contributed by atoms with Crippen LogP contribution >= 0.6 is 0 Å². The maximum absolute atomic E-state index is 14.1. The SMILES string of the molecule is O=[N+]([O-])c1cc(F)c(N2C3CCC2CC(O)C3)c(F)c1. The molecule has 0 aliphatic carbocycles. The zero-order chi connectivity index (χ0) is 14.4. The van der Waals surface area contributed by atoms with Gasteiger partial charge in [0.15, 0.2) is 11.6 Å². The van der Waals surface area contributed by atoms with Gasteiger partial charge in [-0.15, -0.1) is 0 Å². The zero-order valence-electron chi connectivity index (χ0n) is 10.6. The summed E-state index contributed by atoms with van der Waals surface area (Å²) in [5.41, 5.74) is -0.789. The van der Waals surface area contributed by atoms with Crippen LogP contribution in [-0.4, -0.2) is 28.2 Å². The lowest BCUT2D eigenvalue weighted by Gasteiger charge is -2.39. The number of aliphatic hydroxyl groups excluding tert-OH is 1. The Morgan fingerprint density at radius 3 is 2.15 bits per heavy atom. The molecule has 3 rings (SSSR count). The van der Waals surface area contributed by atoms with E-state index in [1.165, 1.54) is 0 Å². The average molecular weight is 284 g/mol. The van der Waals surface area contributed by atoms with Crippen LogP contribution in [0.25, 0.3) is 0 Å². The number of nitro groups is 1. The number of rotatable bonds is 2. The fourth-order valence-electron chi connectivity index (χ4n) is 3.42. The Morgan fingerprint density at radius 2 is 1.70 bits per heavy atom. The predicted molar refractivity (Wildman–Crippen MR) is 67.5 cm³/mol. The Morgan fingerprint density at radius 1 is 1.20 bits per heavy atom. The van der Waals surface area contributed by atoms with E-state index >= 15 is 0 Å². The number of benzene rings is 1. The van der Waals surface area contributed by atoms with E-state index in [4.69, 9.17) is 0 Å². The third kappa shape index (κ3) is 2.02. The summed E-state index contributed by atoms with van der Waals surface area (Å²) < 4.78 is 28.2. The van der Waals surface area contributed by atoms with Gasteiger partial charge in [-0.1, -0.05) is 0 Å². The van der Waals surface area contributed by atoms with E-state index in [0.717, 1.165) is 25.0 Å². The van der Waals surface area contributed by atoms with Crippen molar-refractivity contribution in [1.82, 2.24) is 0 Å². The first-order valence-corrected chi connectivity index (χ1v) is 6.57. The molecule has 2 bridgehead atoms. The minimum absolute atomic E-state index is 0.103. The van der Waals surface area contributed by atoms with Crippen molar-refractivity contribution in [3.63, 3.8) is 0 Å². The second-order valence-electron chi connectivity index (χ2n) is 5.43. The minimum atomic E-state index is -0.912. The van der Waals surface area contributed by atoms with Gasteiger partial charge in [-0.05, 0) is 25.7 Å². The predicted octanol–water partition coefficient (Wildman–Crippen LogP) is 2.37. The third-order valence-electron chi connectivity index (χ3n) is 4.18. The monoisotopic (exact) mass is 284 g/mol. The summed E-state index contributed by atoms with van der Waals surface area (Å²) in [7, 11) is 0. The summed E-state index contributed by atoms with van der Waals surface area (Å²) in [5.74, 6) is -1.82. The van der Waals surface area contributed by atoms with Crippen molar-refractivity contribution in [3.05, 3.63) is 33.9 Å². The molecule has 2 fully saturated rings. The molecule has 0 radical (unpaired) electrons. The number of fused-ring (bicyclic) bond motifs is 2. The van der Waals surface area contributed by atoms with E-state index in [1.54, 1.807) is 4.90 Å². The number of non-ortho nitro benzene ring substituents is 1. The van der Waals surface area contributed by atoms with E-state index in [9.17, 15) is 24.0 Å². The molecular weight excluding hydrogens is 270 g/mol. The normalized spacial score (nSPS) is 28.8. The molecule has 7 heteroatoms. The lowest BCUT2D eigenvalue weighted by molar-refractivity contribution is -0.385. The maximum atomic E-state index is 14.1. The Bertz CT molecular complexity index is 530. The van der Waals surface area contributed by atoms with Crippen molar-refractivity contribution in [2.75, 3.05) is 4.90 Å². The summed E-state index contributed by atoms with van der Waals surface area (Å²) in [6.07, 6.45) is 2.07. The van der Waals surface area contributed by atoms with Gasteiger partial charge in [-0.2, -0.15) is 0 Å². The molecule has 1 N–H and O–H groups in total. The van der Waals surface area contributed by atoms with Crippen LogP contribution in [-0.2, 0) is 0 Å². The van der Waals surface area contributed by atoms with Gasteiger partial charge in [0, 0.05) is 12.1 Å². The van der Waals surface area contributed by atoms with Crippen molar-refractivity contribution in [2.45, 2.75) is 43.9 Å². The molecule has 2 unspecified atom stereocenters. The lowest BCUT2D eigenvalue weighted by atomic mass is 9.98. The number of hydrogen-bond acceptors (Lipinski definition) is 4. The second kappa shape index (κ2) is 4.66. The second-order valence-corrected chi connectivity index (χ2v) is 5.43. The molecule has 2 aliphatic rings. The van der Waals surface area contributed by atoms with Crippen LogP contribution < -0.4 is 4.90 Å². The van der Waals surface area contributed by atoms with E-state index in [0.29, 0.717) is 12.8 Å². The van der Waals surface area contributed by atoms with Gasteiger partial charge >= 0.3 is 0 Å². The van der Waals surface area contributed by atoms with Crippen LogP contribution in [0.1, 0.15) is 25.7 Å². The fourth-order valence-corrected chi connectivity index (χ4v) is 3.42. The van der Waals surface area contributed by atoms with E-state index in [2.05, 4.69) is 0 Å². The molecule has 2 atom stereocenters. The van der Waals surface area contributed by atoms with Crippen LogP contribution in [0.2, 0.25) is 0 Å². The van der Waals surface area contributed by atoms with Crippen LogP contribution in [0.4, 0.5) is 20.2 Å². The molecule has 2 saturated heterocycles. The number of piperidine rings is 1. The van der Waals surface area contributed by atoms with E-state index < -0.39 is 28.3 Å². The lowest BCUT2D eigenvalue weighted by Crippen LogP contribution is -2.45. The molecule has 108 valence electrons. The van der Waals surface area contributed by atoms with Gasteiger partial charge in [0.25, 0.3) is 5.69 Å². The van der Waals surface area contributed by atoms with Crippen LogP contribution in [0.3, 0.4) is 0 Å². The highest BCUT2D eigenvalue weighted by molar-refractivity contribution is 5.56. The largest absolute Gasteiger partial charge is 0.393 e. The molecular formula is C13H14F2N2O3. The molecule has 0 spiro atoms. The number of halogens is 2. The first-order chi connectivity index (χ1) is 9.47. The molecule has 0 aromatic heterocycles. The number of aliphatic hydroxyl groups is 1. The van der Waals surface area contributed by atoms with Gasteiger partial charge in [0.1, 0.15) is 5.69 Å². The molecule has 2 aliphatic heterocycles. The van der Waals surface area contributed by atoms with Gasteiger partial charge in [-0.25, -0.2) is 8.78 Å². The van der Waals surface area contributed by atoms with E-state index in [-0.39, 0.29) is 17.8 Å². The summed E-state index contributed by atoms with van der Waals surface area (Å²) in [5, 5.41) is 20.3. The van der Waals surface area contributed by atoms with Crippen molar-refractivity contribution in [2.24, 2.45) is 0 Å². The standard InChI is InChI=1S/C13H14F2N2O3/c14-11-5-9(17(19)20)6-12(15)13(11)16-7-1-2-8(16)4-10(18)3-7/h5-8,10,18H,1-4H2. The molecule has 1 aromatic carbocycles. The highest BCUT2D eigenvalue weighted by atomic mass is 19.1. The topological polar surface area (TPSA) is 66.6 Å². The number of hydrogen-bond donors (Lipinski definition) is 1. The molecule has 2 heterocycles. The third-order valence-corrected chi connectivity index (χ3v) is 4.18. The quantitative estimate of drug-likeness (QED) is 0.668. The first kappa shape index (κ1) is 13.2. The molecule has 5 nitrogen and oxygen atoms in total. The van der Waals surface area contributed by atoms with Crippen molar-refractivity contribution >= 4 is 11.4 Å².